The maximum atomic E-state index is 13.8. The molecule has 2 atom stereocenters. The van der Waals surface area contributed by atoms with Crippen molar-refractivity contribution in [1.82, 2.24) is 4.90 Å². The maximum absolute atomic E-state index is 13.8. The van der Waals surface area contributed by atoms with Crippen molar-refractivity contribution in [2.24, 2.45) is 11.8 Å². The topological polar surface area (TPSA) is 81.1 Å². The number of carboxylic acid groups (broad SMARTS) is 2. The molecule has 0 bridgehead atoms. The second-order valence-corrected chi connectivity index (χ2v) is 7.46. The summed E-state index contributed by atoms with van der Waals surface area (Å²) < 4.78 is 14.8. The number of carbonyl (C=O) groups is 2. The third-order valence-electron chi connectivity index (χ3n) is 4.71. The van der Waals surface area contributed by atoms with E-state index < -0.39 is 11.9 Å². The maximum Gasteiger partial charge on any atom is 0.414 e. The Hall–Kier alpha value is -2.19. The van der Waals surface area contributed by atoms with Crippen LogP contribution < -0.4 is 4.90 Å². The number of thiophene rings is 1. The highest BCUT2D eigenvalue weighted by molar-refractivity contribution is 7.17. The molecule has 4 rings (SSSR count). The summed E-state index contributed by atoms with van der Waals surface area (Å²) >= 11 is 1.62. The van der Waals surface area contributed by atoms with Crippen LogP contribution in [0, 0.1) is 17.7 Å². The molecule has 0 saturated carbocycles. The fourth-order valence-corrected chi connectivity index (χ4v) is 4.54. The van der Waals surface area contributed by atoms with Gasteiger partial charge >= 0.3 is 11.9 Å². The summed E-state index contributed by atoms with van der Waals surface area (Å²) in [5.74, 6) is -2.26. The first kappa shape index (κ1) is 17.6. The van der Waals surface area contributed by atoms with Gasteiger partial charge in [-0.2, -0.15) is 0 Å². The van der Waals surface area contributed by atoms with Crippen LogP contribution in [-0.2, 0) is 9.59 Å². The number of hydrogen-bond acceptors (Lipinski definition) is 5. The van der Waals surface area contributed by atoms with Gasteiger partial charge in [-0.25, -0.2) is 14.0 Å². The van der Waals surface area contributed by atoms with Crippen LogP contribution in [0.5, 0.6) is 0 Å². The molecule has 2 N–H and O–H groups in total. The zero-order valence-electron chi connectivity index (χ0n) is 13.7. The SMILES string of the molecule is CN1CC2CN(c3cc(F)cc4sccc34)CC2C1.O=C(O)C(=O)O. The van der Waals surface area contributed by atoms with Gasteiger partial charge in [-0.1, -0.05) is 0 Å². The fraction of sp³-hybridized carbons (Fsp3) is 0.412. The van der Waals surface area contributed by atoms with Gasteiger partial charge in [-0.15, -0.1) is 11.3 Å². The Bertz CT molecular complexity index is 783. The lowest BCUT2D eigenvalue weighted by molar-refractivity contribution is -0.159. The predicted molar refractivity (Wildman–Crippen MR) is 93.7 cm³/mol. The van der Waals surface area contributed by atoms with Crippen LogP contribution >= 0.6 is 11.3 Å². The van der Waals surface area contributed by atoms with Crippen molar-refractivity contribution in [2.75, 3.05) is 38.1 Å². The van der Waals surface area contributed by atoms with E-state index in [9.17, 15) is 4.39 Å². The summed E-state index contributed by atoms with van der Waals surface area (Å²) in [6, 6.07) is 5.48. The molecule has 1 aromatic carbocycles. The van der Waals surface area contributed by atoms with Crippen molar-refractivity contribution in [3.8, 4) is 0 Å². The summed E-state index contributed by atoms with van der Waals surface area (Å²) in [5, 5.41) is 18.0. The summed E-state index contributed by atoms with van der Waals surface area (Å²) in [6.45, 7) is 4.51. The van der Waals surface area contributed by atoms with E-state index in [1.54, 1.807) is 23.5 Å². The minimum atomic E-state index is -1.82. The predicted octanol–water partition coefficient (Wildman–Crippen LogP) is 2.19. The Morgan fingerprint density at radius 3 is 2.28 bits per heavy atom. The number of fused-ring (bicyclic) bond motifs is 2. The number of nitrogens with zero attached hydrogens (tertiary/aromatic N) is 2. The molecule has 2 aliphatic heterocycles. The molecule has 8 heteroatoms. The van der Waals surface area contributed by atoms with Crippen molar-refractivity contribution in [3.63, 3.8) is 0 Å². The minimum absolute atomic E-state index is 0.112. The summed E-state index contributed by atoms with van der Waals surface area (Å²) in [7, 11) is 2.20. The molecule has 2 aromatic rings. The molecular weight excluding hydrogens is 347 g/mol. The third kappa shape index (κ3) is 3.74. The Morgan fingerprint density at radius 1 is 1.12 bits per heavy atom. The lowest BCUT2D eigenvalue weighted by atomic mass is 10.0. The van der Waals surface area contributed by atoms with Crippen molar-refractivity contribution in [1.29, 1.82) is 0 Å². The van der Waals surface area contributed by atoms with Gasteiger partial charge in [0.05, 0.1) is 0 Å². The van der Waals surface area contributed by atoms with E-state index in [4.69, 9.17) is 19.8 Å². The van der Waals surface area contributed by atoms with Crippen molar-refractivity contribution in [3.05, 3.63) is 29.4 Å². The number of carboxylic acids is 2. The normalized spacial score (nSPS) is 22.6. The molecule has 134 valence electrons. The first-order valence-corrected chi connectivity index (χ1v) is 8.79. The van der Waals surface area contributed by atoms with Crippen LogP contribution in [0.15, 0.2) is 23.6 Å². The second-order valence-electron chi connectivity index (χ2n) is 6.51. The molecule has 3 heterocycles. The van der Waals surface area contributed by atoms with Gasteiger partial charge in [-0.05, 0) is 42.5 Å². The number of likely N-dealkylation sites (tertiary alicyclic amines) is 1. The lowest BCUT2D eigenvalue weighted by Crippen LogP contribution is -2.26. The summed E-state index contributed by atoms with van der Waals surface area (Å²) in [5.41, 5.74) is 1.09. The van der Waals surface area contributed by atoms with Crippen LogP contribution in [0.3, 0.4) is 0 Å². The summed E-state index contributed by atoms with van der Waals surface area (Å²) in [4.78, 5) is 23.0. The number of halogens is 1. The molecule has 0 spiro atoms. The van der Waals surface area contributed by atoms with Gasteiger partial charge in [-0.3, -0.25) is 0 Å². The van der Waals surface area contributed by atoms with Crippen LogP contribution in [0.2, 0.25) is 0 Å². The minimum Gasteiger partial charge on any atom is -0.473 e. The molecule has 0 radical (unpaired) electrons. The van der Waals surface area contributed by atoms with Crippen molar-refractivity contribution >= 4 is 39.0 Å². The van der Waals surface area contributed by atoms with E-state index in [1.165, 1.54) is 18.5 Å². The average molecular weight is 366 g/mol. The monoisotopic (exact) mass is 366 g/mol. The van der Waals surface area contributed by atoms with E-state index in [0.717, 1.165) is 35.3 Å². The number of anilines is 1. The van der Waals surface area contributed by atoms with Gasteiger partial charge in [0.2, 0.25) is 0 Å². The Labute approximate surface area is 148 Å². The first-order valence-electron chi connectivity index (χ1n) is 7.91. The molecule has 0 aliphatic carbocycles. The highest BCUT2D eigenvalue weighted by atomic mass is 32.1. The third-order valence-corrected chi connectivity index (χ3v) is 5.57. The molecule has 2 unspecified atom stereocenters. The molecule has 2 fully saturated rings. The highest BCUT2D eigenvalue weighted by Crippen LogP contribution is 2.38. The number of aliphatic carboxylic acids is 2. The zero-order chi connectivity index (χ0) is 18.1. The fourth-order valence-electron chi connectivity index (χ4n) is 3.71. The van der Waals surface area contributed by atoms with Gasteiger partial charge in [0.15, 0.2) is 0 Å². The quantitative estimate of drug-likeness (QED) is 0.753. The van der Waals surface area contributed by atoms with E-state index in [0.29, 0.717) is 0 Å². The Morgan fingerprint density at radius 2 is 1.72 bits per heavy atom. The van der Waals surface area contributed by atoms with E-state index >= 15 is 0 Å². The van der Waals surface area contributed by atoms with E-state index in [-0.39, 0.29) is 5.82 Å². The van der Waals surface area contributed by atoms with Gasteiger partial charge in [0, 0.05) is 42.0 Å². The van der Waals surface area contributed by atoms with Crippen molar-refractivity contribution in [2.45, 2.75) is 0 Å². The smallest absolute Gasteiger partial charge is 0.414 e. The van der Waals surface area contributed by atoms with E-state index in [2.05, 4.69) is 28.3 Å². The zero-order valence-corrected chi connectivity index (χ0v) is 14.5. The van der Waals surface area contributed by atoms with Crippen LogP contribution in [-0.4, -0.2) is 60.3 Å². The molecule has 6 nitrogen and oxygen atoms in total. The number of benzene rings is 1. The molecule has 0 amide bonds. The number of rotatable bonds is 1. The van der Waals surface area contributed by atoms with Gasteiger partial charge in [0.1, 0.15) is 5.82 Å². The molecular formula is C17H19FN2O4S. The van der Waals surface area contributed by atoms with Gasteiger partial charge in [0.25, 0.3) is 0 Å². The molecule has 2 saturated heterocycles. The largest absolute Gasteiger partial charge is 0.473 e. The van der Waals surface area contributed by atoms with Crippen LogP contribution in [0.25, 0.3) is 10.1 Å². The second kappa shape index (κ2) is 6.97. The Kier molecular flexibility index (Phi) is 4.91. The first-order chi connectivity index (χ1) is 11.8. The van der Waals surface area contributed by atoms with E-state index in [1.807, 2.05) is 0 Å². The standard InChI is InChI=1S/C15H17FN2S.C2H2O4/c1-17-6-10-8-18(9-11(10)7-17)14-4-12(16)5-15-13(14)2-3-19-15;3-1(4)2(5)6/h2-5,10-11H,6-9H2,1H3;(H,3,4)(H,5,6). The molecule has 1 aromatic heterocycles. The highest BCUT2D eigenvalue weighted by Gasteiger charge is 2.39. The van der Waals surface area contributed by atoms with Crippen LogP contribution in [0.1, 0.15) is 0 Å². The lowest BCUT2D eigenvalue weighted by Gasteiger charge is -2.22. The molecule has 2 aliphatic rings. The van der Waals surface area contributed by atoms with Crippen molar-refractivity contribution < 1.29 is 24.2 Å². The van der Waals surface area contributed by atoms with Gasteiger partial charge < -0.3 is 20.0 Å². The summed E-state index contributed by atoms with van der Waals surface area (Å²) in [6.07, 6.45) is 0. The number of hydrogen-bond donors (Lipinski definition) is 2. The molecule has 25 heavy (non-hydrogen) atoms. The average Bonchev–Trinajstić information content (AvgIpc) is 3.20. The van der Waals surface area contributed by atoms with Crippen LogP contribution in [0.4, 0.5) is 10.1 Å². The Balaban J connectivity index is 0.000000265.